The summed E-state index contributed by atoms with van der Waals surface area (Å²) in [6.45, 7) is 4.05. The van der Waals surface area contributed by atoms with Crippen molar-refractivity contribution >= 4 is 15.7 Å². The molecule has 2 atom stereocenters. The van der Waals surface area contributed by atoms with Crippen LogP contribution in [0.1, 0.15) is 36.0 Å². The molecule has 3 aromatic carbocycles. The second-order valence-electron chi connectivity index (χ2n) is 7.22. The van der Waals surface area contributed by atoms with Gasteiger partial charge in [0.1, 0.15) is 0 Å². The molecule has 0 bridgehead atoms. The van der Waals surface area contributed by atoms with Crippen molar-refractivity contribution < 1.29 is 8.42 Å². The first kappa shape index (κ1) is 17.8. The van der Waals surface area contributed by atoms with Gasteiger partial charge in [0, 0.05) is 12.0 Å². The zero-order valence-electron chi connectivity index (χ0n) is 15.5. The molecule has 0 unspecified atom stereocenters. The molecule has 4 rings (SSSR count). The minimum Gasteiger partial charge on any atom is -0.263 e. The maximum Gasteiger partial charge on any atom is 0.264 e. The molecule has 0 aromatic heterocycles. The van der Waals surface area contributed by atoms with Crippen LogP contribution < -0.4 is 4.31 Å². The zero-order chi connectivity index (χ0) is 19.0. The smallest absolute Gasteiger partial charge is 0.263 e. The third kappa shape index (κ3) is 3.15. The average molecular weight is 378 g/mol. The van der Waals surface area contributed by atoms with E-state index in [2.05, 4.69) is 25.1 Å². The van der Waals surface area contributed by atoms with Crippen molar-refractivity contribution in [2.75, 3.05) is 4.31 Å². The Hall–Kier alpha value is -2.59. The van der Waals surface area contributed by atoms with Gasteiger partial charge >= 0.3 is 0 Å². The van der Waals surface area contributed by atoms with Crippen LogP contribution in [-0.2, 0) is 10.0 Å². The first-order valence-corrected chi connectivity index (χ1v) is 10.7. The predicted octanol–water partition coefficient (Wildman–Crippen LogP) is 5.11. The highest BCUT2D eigenvalue weighted by Gasteiger charge is 2.38. The van der Waals surface area contributed by atoms with Crippen LogP contribution in [0.2, 0.25) is 0 Å². The van der Waals surface area contributed by atoms with Crippen LogP contribution >= 0.6 is 0 Å². The number of aryl methyl sites for hydroxylation is 1. The van der Waals surface area contributed by atoms with Crippen LogP contribution in [0, 0.1) is 6.92 Å². The van der Waals surface area contributed by atoms with E-state index >= 15 is 0 Å². The Balaban J connectivity index is 1.88. The fourth-order valence-electron chi connectivity index (χ4n) is 4.03. The summed E-state index contributed by atoms with van der Waals surface area (Å²) in [6, 6.07) is 25.0. The summed E-state index contributed by atoms with van der Waals surface area (Å²) in [5, 5.41) is 0. The number of nitrogens with zero attached hydrogens (tertiary/aromatic N) is 1. The third-order valence-corrected chi connectivity index (χ3v) is 7.22. The number of benzene rings is 3. The van der Waals surface area contributed by atoms with Crippen molar-refractivity contribution in [3.63, 3.8) is 0 Å². The summed E-state index contributed by atoms with van der Waals surface area (Å²) in [7, 11) is -3.61. The van der Waals surface area contributed by atoms with Crippen LogP contribution in [0.3, 0.4) is 0 Å². The van der Waals surface area contributed by atoms with Gasteiger partial charge in [0.2, 0.25) is 0 Å². The fourth-order valence-corrected chi connectivity index (χ4v) is 5.74. The average Bonchev–Trinajstić information content (AvgIpc) is 2.69. The highest BCUT2D eigenvalue weighted by molar-refractivity contribution is 7.92. The van der Waals surface area contributed by atoms with Gasteiger partial charge < -0.3 is 0 Å². The van der Waals surface area contributed by atoms with Crippen molar-refractivity contribution in [1.82, 2.24) is 0 Å². The van der Waals surface area contributed by atoms with Crippen molar-refractivity contribution in [3.8, 4) is 0 Å². The standard InChI is InChI=1S/C23H23NO2S/c1-17-13-14-23-22(15-17)21(19-9-5-3-6-10-19)16-18(2)24(23)27(25,26)20-11-7-4-8-12-20/h3-15,18,21H,16H2,1-2H3/t18-,21-/m1/s1. The lowest BCUT2D eigenvalue weighted by atomic mass is 9.82. The zero-order valence-corrected chi connectivity index (χ0v) is 16.4. The largest absolute Gasteiger partial charge is 0.264 e. The molecule has 0 radical (unpaired) electrons. The van der Waals surface area contributed by atoms with E-state index in [9.17, 15) is 8.42 Å². The van der Waals surface area contributed by atoms with Crippen molar-refractivity contribution in [2.45, 2.75) is 37.1 Å². The summed E-state index contributed by atoms with van der Waals surface area (Å²) >= 11 is 0. The molecule has 3 nitrogen and oxygen atoms in total. The lowest BCUT2D eigenvalue weighted by molar-refractivity contribution is 0.543. The van der Waals surface area contributed by atoms with Crippen molar-refractivity contribution in [2.24, 2.45) is 0 Å². The second kappa shape index (κ2) is 6.86. The van der Waals surface area contributed by atoms with Gasteiger partial charge in [0.05, 0.1) is 10.6 Å². The van der Waals surface area contributed by atoms with Crippen molar-refractivity contribution in [1.29, 1.82) is 0 Å². The first-order chi connectivity index (χ1) is 13.0. The van der Waals surface area contributed by atoms with E-state index in [4.69, 9.17) is 0 Å². The summed E-state index contributed by atoms with van der Waals surface area (Å²) in [6.07, 6.45) is 0.756. The summed E-state index contributed by atoms with van der Waals surface area (Å²) in [5.74, 6) is 0.193. The molecule has 0 N–H and O–H groups in total. The number of hydrogen-bond donors (Lipinski definition) is 0. The topological polar surface area (TPSA) is 37.4 Å². The Bertz CT molecular complexity index is 1050. The number of sulfonamides is 1. The minimum atomic E-state index is -3.61. The van der Waals surface area contributed by atoms with Crippen LogP contribution in [0.15, 0.2) is 83.8 Å². The van der Waals surface area contributed by atoms with Crippen LogP contribution in [-0.4, -0.2) is 14.5 Å². The Morgan fingerprint density at radius 2 is 1.52 bits per heavy atom. The maximum atomic E-state index is 13.4. The Morgan fingerprint density at radius 3 is 2.19 bits per heavy atom. The van der Waals surface area contributed by atoms with Gasteiger partial charge in [-0.05, 0) is 49.6 Å². The lowest BCUT2D eigenvalue weighted by Crippen LogP contribution is -2.43. The minimum absolute atomic E-state index is 0.129. The summed E-state index contributed by atoms with van der Waals surface area (Å²) in [4.78, 5) is 0.335. The summed E-state index contributed by atoms with van der Waals surface area (Å²) < 4.78 is 28.4. The van der Waals surface area contributed by atoms with E-state index in [0.717, 1.165) is 23.2 Å². The molecule has 1 aliphatic rings. The molecule has 1 heterocycles. The lowest BCUT2D eigenvalue weighted by Gasteiger charge is -2.40. The van der Waals surface area contributed by atoms with Crippen molar-refractivity contribution in [3.05, 3.63) is 95.6 Å². The monoisotopic (exact) mass is 377 g/mol. The van der Waals surface area contributed by atoms with Gasteiger partial charge in [-0.2, -0.15) is 0 Å². The van der Waals surface area contributed by atoms with E-state index < -0.39 is 10.0 Å². The Labute approximate surface area is 161 Å². The first-order valence-electron chi connectivity index (χ1n) is 9.23. The normalized spacial score (nSPS) is 19.6. The molecule has 3 aromatic rings. The molecule has 0 aliphatic carbocycles. The van der Waals surface area contributed by atoms with Gasteiger partial charge in [0.15, 0.2) is 0 Å². The van der Waals surface area contributed by atoms with E-state index in [1.54, 1.807) is 28.6 Å². The molecular formula is C23H23NO2S. The van der Waals surface area contributed by atoms with Gasteiger partial charge in [-0.3, -0.25) is 4.31 Å². The highest BCUT2D eigenvalue weighted by Crippen LogP contribution is 2.44. The maximum absolute atomic E-state index is 13.4. The van der Waals surface area contributed by atoms with Gasteiger partial charge in [0.25, 0.3) is 10.0 Å². The summed E-state index contributed by atoms with van der Waals surface area (Å²) in [5.41, 5.74) is 4.24. The Kier molecular flexibility index (Phi) is 4.52. The molecule has 4 heteroatoms. The second-order valence-corrected chi connectivity index (χ2v) is 9.04. The highest BCUT2D eigenvalue weighted by atomic mass is 32.2. The van der Waals surface area contributed by atoms with Gasteiger partial charge in [-0.1, -0.05) is 66.2 Å². The van der Waals surface area contributed by atoms with E-state index in [-0.39, 0.29) is 12.0 Å². The molecule has 0 saturated carbocycles. The molecule has 0 amide bonds. The third-order valence-electron chi connectivity index (χ3n) is 5.27. The molecule has 1 aliphatic heterocycles. The van der Waals surface area contributed by atoms with E-state index in [1.165, 1.54) is 5.56 Å². The van der Waals surface area contributed by atoms with Crippen LogP contribution in [0.4, 0.5) is 5.69 Å². The fraction of sp³-hybridized carbons (Fsp3) is 0.217. The number of fused-ring (bicyclic) bond motifs is 1. The van der Waals surface area contributed by atoms with Gasteiger partial charge in [-0.15, -0.1) is 0 Å². The molecule has 0 fully saturated rings. The predicted molar refractivity (Wildman–Crippen MR) is 110 cm³/mol. The Morgan fingerprint density at radius 1 is 0.889 bits per heavy atom. The quantitative estimate of drug-likeness (QED) is 0.636. The number of anilines is 1. The van der Waals surface area contributed by atoms with E-state index in [1.807, 2.05) is 43.3 Å². The number of hydrogen-bond acceptors (Lipinski definition) is 2. The molecule has 27 heavy (non-hydrogen) atoms. The molecule has 0 spiro atoms. The number of rotatable bonds is 3. The van der Waals surface area contributed by atoms with E-state index in [0.29, 0.717) is 4.90 Å². The molecular weight excluding hydrogens is 354 g/mol. The van der Waals surface area contributed by atoms with Crippen LogP contribution in [0.25, 0.3) is 0 Å². The van der Waals surface area contributed by atoms with Crippen LogP contribution in [0.5, 0.6) is 0 Å². The molecule has 0 saturated heterocycles. The van der Waals surface area contributed by atoms with Gasteiger partial charge in [-0.25, -0.2) is 8.42 Å². The SMILES string of the molecule is Cc1ccc2c(c1)[C@@H](c1ccccc1)C[C@@H](C)N2S(=O)(=O)c1ccccc1. The molecule has 138 valence electrons.